The molecule has 2 aromatic carbocycles. The summed E-state index contributed by atoms with van der Waals surface area (Å²) in [5.41, 5.74) is 2.16. The largest absolute Gasteiger partial charge is 0.495 e. The van der Waals surface area contributed by atoms with Crippen molar-refractivity contribution in [2.24, 2.45) is 0 Å². The number of anilines is 1. The van der Waals surface area contributed by atoms with E-state index in [1.807, 2.05) is 31.2 Å². The molecule has 146 valence electrons. The molecule has 0 aliphatic carbocycles. The molecule has 28 heavy (non-hydrogen) atoms. The Morgan fingerprint density at radius 2 is 2.04 bits per heavy atom. The van der Waals surface area contributed by atoms with E-state index >= 15 is 0 Å². The van der Waals surface area contributed by atoms with Crippen LogP contribution in [0.3, 0.4) is 0 Å². The molecule has 0 fully saturated rings. The Hall–Kier alpha value is -2.57. The van der Waals surface area contributed by atoms with E-state index in [-0.39, 0.29) is 12.4 Å². The van der Waals surface area contributed by atoms with Crippen LogP contribution in [0.4, 0.5) is 10.1 Å². The minimum absolute atomic E-state index is 0.187. The molecule has 0 saturated heterocycles. The van der Waals surface area contributed by atoms with Gasteiger partial charge < -0.3 is 19.4 Å². The molecule has 1 N–H and O–H groups in total. The summed E-state index contributed by atoms with van der Waals surface area (Å²) in [6, 6.07) is 14.0. The number of thiocarbonyl (C=S) groups is 1. The van der Waals surface area contributed by atoms with Crippen LogP contribution in [0, 0.1) is 12.7 Å². The van der Waals surface area contributed by atoms with Crippen LogP contribution in [-0.4, -0.2) is 17.1 Å². The predicted octanol–water partition coefficient (Wildman–Crippen LogP) is 5.79. The molecule has 4 nitrogen and oxygen atoms in total. The Kier molecular flexibility index (Phi) is 6.54. The van der Waals surface area contributed by atoms with Crippen LogP contribution in [0.5, 0.6) is 5.75 Å². The van der Waals surface area contributed by atoms with Gasteiger partial charge in [-0.05, 0) is 61.1 Å². The Bertz CT molecular complexity index is 943. The van der Waals surface area contributed by atoms with Gasteiger partial charge in [-0.2, -0.15) is 0 Å². The van der Waals surface area contributed by atoms with Crippen molar-refractivity contribution in [1.29, 1.82) is 0 Å². The summed E-state index contributed by atoms with van der Waals surface area (Å²) >= 11 is 11.8. The van der Waals surface area contributed by atoms with Crippen LogP contribution in [0.25, 0.3) is 0 Å². The first-order chi connectivity index (χ1) is 13.5. The third-order valence-corrected chi connectivity index (χ3v) is 4.94. The lowest BCUT2D eigenvalue weighted by molar-refractivity contribution is 0.355. The van der Waals surface area contributed by atoms with Gasteiger partial charge in [0.15, 0.2) is 5.11 Å². The lowest BCUT2D eigenvalue weighted by Gasteiger charge is -2.26. The summed E-state index contributed by atoms with van der Waals surface area (Å²) in [6.45, 7) is 2.53. The van der Waals surface area contributed by atoms with E-state index in [0.29, 0.717) is 33.8 Å². The van der Waals surface area contributed by atoms with Crippen molar-refractivity contribution in [3.05, 3.63) is 82.5 Å². The number of rotatable bonds is 6. The first-order valence-corrected chi connectivity index (χ1v) is 9.42. The van der Waals surface area contributed by atoms with E-state index in [4.69, 9.17) is 33.0 Å². The quantitative estimate of drug-likeness (QED) is 0.513. The van der Waals surface area contributed by atoms with Crippen molar-refractivity contribution in [2.45, 2.75) is 20.0 Å². The van der Waals surface area contributed by atoms with Crippen molar-refractivity contribution in [2.75, 3.05) is 12.4 Å². The Labute approximate surface area is 173 Å². The topological polar surface area (TPSA) is 37.6 Å². The van der Waals surface area contributed by atoms with Crippen LogP contribution in [0.15, 0.2) is 59.2 Å². The molecule has 0 atom stereocenters. The number of furan rings is 1. The van der Waals surface area contributed by atoms with Gasteiger partial charge in [0.1, 0.15) is 17.3 Å². The zero-order chi connectivity index (χ0) is 20.1. The van der Waals surface area contributed by atoms with E-state index in [1.165, 1.54) is 6.07 Å². The van der Waals surface area contributed by atoms with Gasteiger partial charge >= 0.3 is 0 Å². The lowest BCUT2D eigenvalue weighted by atomic mass is 10.2. The van der Waals surface area contributed by atoms with Crippen molar-refractivity contribution in [1.82, 2.24) is 4.90 Å². The van der Waals surface area contributed by atoms with Gasteiger partial charge in [0.05, 0.1) is 25.6 Å². The number of aryl methyl sites for hydroxylation is 1. The molecule has 0 unspecified atom stereocenters. The second-order valence-corrected chi connectivity index (χ2v) is 7.06. The summed E-state index contributed by atoms with van der Waals surface area (Å²) in [6.07, 6.45) is 1.59. The van der Waals surface area contributed by atoms with Crippen molar-refractivity contribution in [3.63, 3.8) is 0 Å². The highest BCUT2D eigenvalue weighted by Crippen LogP contribution is 2.27. The lowest BCUT2D eigenvalue weighted by Crippen LogP contribution is -2.34. The number of hydrogen-bond acceptors (Lipinski definition) is 3. The highest BCUT2D eigenvalue weighted by atomic mass is 35.5. The normalized spacial score (nSPS) is 10.6. The molecule has 0 aliphatic rings. The molecular formula is C21H20ClFN2O2S. The minimum Gasteiger partial charge on any atom is -0.495 e. The van der Waals surface area contributed by atoms with Gasteiger partial charge in [0, 0.05) is 17.1 Å². The Morgan fingerprint density at radius 1 is 1.21 bits per heavy atom. The smallest absolute Gasteiger partial charge is 0.174 e. The Balaban J connectivity index is 1.87. The zero-order valence-electron chi connectivity index (χ0n) is 15.5. The van der Waals surface area contributed by atoms with Gasteiger partial charge in [-0.3, -0.25) is 0 Å². The highest BCUT2D eigenvalue weighted by Gasteiger charge is 2.18. The average Bonchev–Trinajstić information content (AvgIpc) is 3.18. The van der Waals surface area contributed by atoms with E-state index in [2.05, 4.69) is 5.32 Å². The monoisotopic (exact) mass is 418 g/mol. The summed E-state index contributed by atoms with van der Waals surface area (Å²) < 4.78 is 25.2. The minimum atomic E-state index is -0.382. The molecule has 0 radical (unpaired) electrons. The Morgan fingerprint density at radius 3 is 2.71 bits per heavy atom. The first kappa shape index (κ1) is 20.2. The van der Waals surface area contributed by atoms with Crippen LogP contribution in [0.1, 0.15) is 16.9 Å². The van der Waals surface area contributed by atoms with Gasteiger partial charge in [-0.1, -0.05) is 23.7 Å². The fraction of sp³-hybridized carbons (Fsp3) is 0.190. The molecular weight excluding hydrogens is 399 g/mol. The van der Waals surface area contributed by atoms with Crippen molar-refractivity contribution >= 4 is 34.6 Å². The standard InChI is InChI=1S/C21H20ClFN2O2S/c1-14-8-9-19(20(11-14)26-2)24-21(28)25(12-15-5-4-10-27-15)13-16-17(22)6-3-7-18(16)23/h3-11H,12-13H2,1-2H3,(H,24,28). The second kappa shape index (κ2) is 9.08. The maximum atomic E-state index is 14.3. The van der Waals surface area contributed by atoms with Crippen LogP contribution >= 0.6 is 23.8 Å². The van der Waals surface area contributed by atoms with Gasteiger partial charge in [0.2, 0.25) is 0 Å². The number of methoxy groups -OCH3 is 1. The molecule has 0 bridgehead atoms. The molecule has 0 saturated carbocycles. The van der Waals surface area contributed by atoms with Crippen LogP contribution in [0.2, 0.25) is 5.02 Å². The number of halogens is 2. The first-order valence-electron chi connectivity index (χ1n) is 8.63. The maximum Gasteiger partial charge on any atom is 0.174 e. The van der Waals surface area contributed by atoms with Crippen molar-refractivity contribution < 1.29 is 13.5 Å². The highest BCUT2D eigenvalue weighted by molar-refractivity contribution is 7.80. The van der Waals surface area contributed by atoms with Gasteiger partial charge in [-0.25, -0.2) is 4.39 Å². The van der Waals surface area contributed by atoms with E-state index < -0.39 is 0 Å². The maximum absolute atomic E-state index is 14.3. The third kappa shape index (κ3) is 4.82. The molecule has 0 spiro atoms. The molecule has 0 amide bonds. The summed E-state index contributed by atoms with van der Waals surface area (Å²) in [7, 11) is 1.60. The number of hydrogen-bond donors (Lipinski definition) is 1. The molecule has 0 aliphatic heterocycles. The zero-order valence-corrected chi connectivity index (χ0v) is 17.1. The van der Waals surface area contributed by atoms with Gasteiger partial charge in [0.25, 0.3) is 0 Å². The van der Waals surface area contributed by atoms with Crippen LogP contribution < -0.4 is 10.1 Å². The molecule has 7 heteroatoms. The second-order valence-electron chi connectivity index (χ2n) is 6.27. The number of benzene rings is 2. The molecule has 1 aromatic heterocycles. The summed E-state index contributed by atoms with van der Waals surface area (Å²) in [5.74, 6) is 0.990. The van der Waals surface area contributed by atoms with E-state index in [1.54, 1.807) is 36.5 Å². The van der Waals surface area contributed by atoms with Crippen molar-refractivity contribution in [3.8, 4) is 5.75 Å². The molecule has 1 heterocycles. The molecule has 3 aromatic rings. The number of ether oxygens (including phenoxy) is 1. The average molecular weight is 419 g/mol. The molecule has 3 rings (SSSR count). The summed E-state index contributed by atoms with van der Waals surface area (Å²) in [4.78, 5) is 1.79. The number of nitrogens with zero attached hydrogens (tertiary/aromatic N) is 1. The van der Waals surface area contributed by atoms with Gasteiger partial charge in [-0.15, -0.1) is 0 Å². The van der Waals surface area contributed by atoms with E-state index in [9.17, 15) is 4.39 Å². The fourth-order valence-electron chi connectivity index (χ4n) is 2.76. The van der Waals surface area contributed by atoms with Crippen LogP contribution in [-0.2, 0) is 13.1 Å². The fourth-order valence-corrected chi connectivity index (χ4v) is 3.22. The number of nitrogens with one attached hydrogen (secondary N) is 1. The predicted molar refractivity (Wildman–Crippen MR) is 113 cm³/mol. The third-order valence-electron chi connectivity index (χ3n) is 4.22. The van der Waals surface area contributed by atoms with E-state index in [0.717, 1.165) is 11.3 Å². The SMILES string of the molecule is COc1cc(C)ccc1NC(=S)N(Cc1ccco1)Cc1c(F)cccc1Cl. The summed E-state index contributed by atoms with van der Waals surface area (Å²) in [5, 5.41) is 3.93.